The third-order valence-electron chi connectivity index (χ3n) is 3.81. The first-order chi connectivity index (χ1) is 12.2. The van der Waals surface area contributed by atoms with Crippen molar-refractivity contribution in [2.45, 2.75) is 20.5 Å². The van der Waals surface area contributed by atoms with E-state index in [-0.39, 0.29) is 0 Å². The van der Waals surface area contributed by atoms with Crippen molar-refractivity contribution in [1.82, 2.24) is 4.98 Å². The highest BCUT2D eigenvalue weighted by Crippen LogP contribution is 2.17. The predicted molar refractivity (Wildman–Crippen MR) is 102 cm³/mol. The van der Waals surface area contributed by atoms with Gasteiger partial charge in [0.25, 0.3) is 0 Å². The first-order valence-corrected chi connectivity index (χ1v) is 8.20. The molecule has 4 nitrogen and oxygen atoms in total. The van der Waals surface area contributed by atoms with Crippen molar-refractivity contribution in [1.29, 1.82) is 0 Å². The highest BCUT2D eigenvalue weighted by atomic mass is 16.5. The van der Waals surface area contributed by atoms with Crippen LogP contribution in [0.5, 0.6) is 5.75 Å². The molecule has 2 aromatic carbocycles. The smallest absolute Gasteiger partial charge is 0.146 e. The Balaban J connectivity index is 1.62. The number of aryl methyl sites for hydroxylation is 2. The summed E-state index contributed by atoms with van der Waals surface area (Å²) in [5.41, 5.74) is 7.55. The van der Waals surface area contributed by atoms with Gasteiger partial charge in [0.15, 0.2) is 0 Å². The van der Waals surface area contributed by atoms with Crippen LogP contribution in [0.2, 0.25) is 0 Å². The van der Waals surface area contributed by atoms with E-state index in [1.165, 1.54) is 16.7 Å². The Morgan fingerprint density at radius 1 is 1.04 bits per heavy atom. The van der Waals surface area contributed by atoms with Crippen molar-refractivity contribution in [2.75, 3.05) is 5.43 Å². The van der Waals surface area contributed by atoms with Crippen LogP contribution >= 0.6 is 0 Å². The standard InChI is InChI=1S/C21H21N3O/c1-16-9-10-17(2)19(12-16)15-25-20-7-5-6-18(13-20)14-23-24-21-8-3-4-11-22-21/h3-14H,15H2,1-2H3,(H,22,24). The highest BCUT2D eigenvalue weighted by molar-refractivity contribution is 5.80. The molecule has 1 N–H and O–H groups in total. The number of anilines is 1. The maximum absolute atomic E-state index is 5.94. The number of nitrogens with one attached hydrogen (secondary N) is 1. The van der Waals surface area contributed by atoms with E-state index in [9.17, 15) is 0 Å². The van der Waals surface area contributed by atoms with Gasteiger partial charge >= 0.3 is 0 Å². The molecule has 0 amide bonds. The van der Waals surface area contributed by atoms with Gasteiger partial charge in [-0.3, -0.25) is 5.43 Å². The van der Waals surface area contributed by atoms with E-state index < -0.39 is 0 Å². The number of pyridine rings is 1. The Labute approximate surface area is 148 Å². The molecule has 0 unspecified atom stereocenters. The van der Waals surface area contributed by atoms with Crippen LogP contribution in [-0.4, -0.2) is 11.2 Å². The third kappa shape index (κ3) is 4.91. The molecule has 25 heavy (non-hydrogen) atoms. The van der Waals surface area contributed by atoms with Crippen LogP contribution in [0.3, 0.4) is 0 Å². The van der Waals surface area contributed by atoms with E-state index >= 15 is 0 Å². The Morgan fingerprint density at radius 2 is 1.96 bits per heavy atom. The lowest BCUT2D eigenvalue weighted by Gasteiger charge is -2.10. The molecule has 1 heterocycles. The minimum atomic E-state index is 0.556. The van der Waals surface area contributed by atoms with Gasteiger partial charge in [0.1, 0.15) is 18.2 Å². The topological polar surface area (TPSA) is 46.5 Å². The summed E-state index contributed by atoms with van der Waals surface area (Å²) < 4.78 is 5.94. The first kappa shape index (κ1) is 16.7. The van der Waals surface area contributed by atoms with Gasteiger partial charge < -0.3 is 4.74 Å². The normalized spacial score (nSPS) is 10.8. The zero-order valence-electron chi connectivity index (χ0n) is 14.4. The molecular weight excluding hydrogens is 310 g/mol. The molecule has 1 aromatic heterocycles. The Hall–Kier alpha value is -3.14. The lowest BCUT2D eigenvalue weighted by atomic mass is 10.1. The highest BCUT2D eigenvalue weighted by Gasteiger charge is 2.01. The first-order valence-electron chi connectivity index (χ1n) is 8.20. The SMILES string of the molecule is Cc1ccc(C)c(COc2cccc(C=NNc3ccccn3)c2)c1. The fourth-order valence-corrected chi connectivity index (χ4v) is 2.40. The molecule has 0 saturated carbocycles. The summed E-state index contributed by atoms with van der Waals surface area (Å²) in [4.78, 5) is 4.16. The molecule has 0 atom stereocenters. The largest absolute Gasteiger partial charge is 0.489 e. The number of hydrogen-bond donors (Lipinski definition) is 1. The molecule has 0 fully saturated rings. The maximum Gasteiger partial charge on any atom is 0.146 e. The van der Waals surface area contributed by atoms with Gasteiger partial charge in [-0.15, -0.1) is 0 Å². The summed E-state index contributed by atoms with van der Waals surface area (Å²) in [7, 11) is 0. The molecule has 0 aliphatic carbocycles. The van der Waals surface area contributed by atoms with Crippen LogP contribution in [0.15, 0.2) is 72.0 Å². The fraction of sp³-hybridized carbons (Fsp3) is 0.143. The molecule has 4 heteroatoms. The van der Waals surface area contributed by atoms with Crippen molar-refractivity contribution < 1.29 is 4.74 Å². The molecule has 0 bridgehead atoms. The molecule has 0 aliphatic heterocycles. The Bertz CT molecular complexity index is 860. The molecule has 0 radical (unpaired) electrons. The number of benzene rings is 2. The zero-order valence-corrected chi connectivity index (χ0v) is 14.4. The van der Waals surface area contributed by atoms with Crippen LogP contribution in [0.4, 0.5) is 5.82 Å². The van der Waals surface area contributed by atoms with E-state index in [2.05, 4.69) is 47.6 Å². The summed E-state index contributed by atoms with van der Waals surface area (Å²) in [6.07, 6.45) is 3.47. The summed E-state index contributed by atoms with van der Waals surface area (Å²) in [6.45, 7) is 4.75. The average molecular weight is 331 g/mol. The molecule has 126 valence electrons. The molecule has 0 spiro atoms. The van der Waals surface area contributed by atoms with Gasteiger partial charge in [-0.25, -0.2) is 4.98 Å². The van der Waals surface area contributed by atoms with E-state index in [1.54, 1.807) is 12.4 Å². The van der Waals surface area contributed by atoms with Crippen molar-refractivity contribution in [2.24, 2.45) is 5.10 Å². The van der Waals surface area contributed by atoms with Gasteiger partial charge in [0.2, 0.25) is 0 Å². The fourth-order valence-electron chi connectivity index (χ4n) is 2.40. The van der Waals surface area contributed by atoms with Gasteiger partial charge in [-0.05, 0) is 54.8 Å². The van der Waals surface area contributed by atoms with Gasteiger partial charge in [-0.1, -0.05) is 42.0 Å². The maximum atomic E-state index is 5.94. The minimum absolute atomic E-state index is 0.556. The number of rotatable bonds is 6. The molecule has 3 rings (SSSR count). The molecular formula is C21H21N3O. The third-order valence-corrected chi connectivity index (χ3v) is 3.81. The molecule has 3 aromatic rings. The average Bonchev–Trinajstić information content (AvgIpc) is 2.64. The number of hydrazone groups is 1. The van der Waals surface area contributed by atoms with Gasteiger partial charge in [0.05, 0.1) is 6.21 Å². The Morgan fingerprint density at radius 3 is 2.80 bits per heavy atom. The van der Waals surface area contributed by atoms with Crippen molar-refractivity contribution in [3.8, 4) is 5.75 Å². The Kier molecular flexibility index (Phi) is 5.42. The van der Waals surface area contributed by atoms with Crippen LogP contribution in [-0.2, 0) is 6.61 Å². The van der Waals surface area contributed by atoms with Crippen LogP contribution < -0.4 is 10.2 Å². The second-order valence-corrected chi connectivity index (χ2v) is 5.88. The van der Waals surface area contributed by atoms with Gasteiger partial charge in [-0.2, -0.15) is 5.10 Å². The summed E-state index contributed by atoms with van der Waals surface area (Å²) in [6, 6.07) is 19.9. The summed E-state index contributed by atoms with van der Waals surface area (Å²) >= 11 is 0. The number of ether oxygens (including phenoxy) is 1. The summed E-state index contributed by atoms with van der Waals surface area (Å²) in [5, 5.41) is 4.20. The van der Waals surface area contributed by atoms with Crippen LogP contribution in [0.25, 0.3) is 0 Å². The lowest BCUT2D eigenvalue weighted by molar-refractivity contribution is 0.305. The van der Waals surface area contributed by atoms with E-state index in [0.29, 0.717) is 12.4 Å². The van der Waals surface area contributed by atoms with Crippen LogP contribution in [0, 0.1) is 13.8 Å². The van der Waals surface area contributed by atoms with Crippen LogP contribution in [0.1, 0.15) is 22.3 Å². The van der Waals surface area contributed by atoms with E-state index in [1.807, 2.05) is 42.5 Å². The monoisotopic (exact) mass is 331 g/mol. The van der Waals surface area contributed by atoms with E-state index in [0.717, 1.165) is 11.3 Å². The molecule has 0 aliphatic rings. The van der Waals surface area contributed by atoms with Crippen molar-refractivity contribution in [3.05, 3.63) is 89.1 Å². The van der Waals surface area contributed by atoms with Gasteiger partial charge in [0, 0.05) is 6.20 Å². The van der Waals surface area contributed by atoms with Crippen molar-refractivity contribution >= 4 is 12.0 Å². The second kappa shape index (κ2) is 8.11. The quantitative estimate of drug-likeness (QED) is 0.525. The number of aromatic nitrogens is 1. The zero-order chi connectivity index (χ0) is 17.5. The van der Waals surface area contributed by atoms with E-state index in [4.69, 9.17) is 4.74 Å². The summed E-state index contributed by atoms with van der Waals surface area (Å²) in [5.74, 6) is 1.53. The lowest BCUT2D eigenvalue weighted by Crippen LogP contribution is -1.99. The molecule has 0 saturated heterocycles. The minimum Gasteiger partial charge on any atom is -0.489 e. The number of nitrogens with zero attached hydrogens (tertiary/aromatic N) is 2. The predicted octanol–water partition coefficient (Wildman–Crippen LogP) is 4.72. The van der Waals surface area contributed by atoms with Crippen molar-refractivity contribution in [3.63, 3.8) is 0 Å². The second-order valence-electron chi connectivity index (χ2n) is 5.88. The number of hydrogen-bond acceptors (Lipinski definition) is 4.